The van der Waals surface area contributed by atoms with Gasteiger partial charge in [0.05, 0.1) is 6.04 Å². The molecule has 0 aromatic heterocycles. The summed E-state index contributed by atoms with van der Waals surface area (Å²) in [6.07, 6.45) is 0.507. The van der Waals surface area contributed by atoms with Crippen molar-refractivity contribution in [1.82, 2.24) is 5.43 Å². The third kappa shape index (κ3) is 3.26. The van der Waals surface area contributed by atoms with E-state index >= 15 is 0 Å². The molecule has 0 saturated carbocycles. The van der Waals surface area contributed by atoms with E-state index in [9.17, 15) is 4.39 Å². The SMILES string of the molecule is Cc1cccc(C)c1C(Cc1cc(Br)ccc1F)NN. The Balaban J connectivity index is 2.36. The zero-order chi connectivity index (χ0) is 14.7. The van der Waals surface area contributed by atoms with Crippen LogP contribution in [0.15, 0.2) is 40.9 Å². The minimum Gasteiger partial charge on any atom is -0.271 e. The quantitative estimate of drug-likeness (QED) is 0.655. The summed E-state index contributed by atoms with van der Waals surface area (Å²) in [5.74, 6) is 5.49. The number of nitrogens with two attached hydrogens (primary N) is 1. The summed E-state index contributed by atoms with van der Waals surface area (Å²) in [6, 6.07) is 11.0. The number of hydrogen-bond acceptors (Lipinski definition) is 2. The molecule has 0 bridgehead atoms. The molecular weight excluding hydrogens is 319 g/mol. The molecule has 0 aliphatic rings. The number of benzene rings is 2. The molecule has 0 saturated heterocycles. The van der Waals surface area contributed by atoms with Gasteiger partial charge in [-0.05, 0) is 60.7 Å². The second-order valence-corrected chi connectivity index (χ2v) is 5.88. The number of hydrogen-bond donors (Lipinski definition) is 2. The zero-order valence-corrected chi connectivity index (χ0v) is 13.2. The first-order chi connectivity index (χ1) is 9.52. The van der Waals surface area contributed by atoms with Gasteiger partial charge in [-0.25, -0.2) is 4.39 Å². The van der Waals surface area contributed by atoms with E-state index in [0.717, 1.165) is 21.2 Å². The van der Waals surface area contributed by atoms with Crippen LogP contribution in [0.4, 0.5) is 4.39 Å². The highest BCUT2D eigenvalue weighted by molar-refractivity contribution is 9.10. The summed E-state index contributed by atoms with van der Waals surface area (Å²) >= 11 is 3.38. The second-order valence-electron chi connectivity index (χ2n) is 4.96. The van der Waals surface area contributed by atoms with Crippen molar-refractivity contribution in [1.29, 1.82) is 0 Å². The van der Waals surface area contributed by atoms with E-state index in [2.05, 4.69) is 21.4 Å². The highest BCUT2D eigenvalue weighted by Gasteiger charge is 2.17. The summed E-state index contributed by atoms with van der Waals surface area (Å²) in [5, 5.41) is 0. The first kappa shape index (κ1) is 15.2. The van der Waals surface area contributed by atoms with Crippen LogP contribution in [0.25, 0.3) is 0 Å². The van der Waals surface area contributed by atoms with Crippen molar-refractivity contribution in [2.75, 3.05) is 0 Å². The van der Waals surface area contributed by atoms with Crippen molar-refractivity contribution in [3.05, 3.63) is 68.9 Å². The van der Waals surface area contributed by atoms with Gasteiger partial charge in [0.1, 0.15) is 5.82 Å². The van der Waals surface area contributed by atoms with E-state index in [-0.39, 0.29) is 11.9 Å². The van der Waals surface area contributed by atoms with Gasteiger partial charge in [0, 0.05) is 4.47 Å². The van der Waals surface area contributed by atoms with Crippen molar-refractivity contribution in [3.8, 4) is 0 Å². The van der Waals surface area contributed by atoms with Gasteiger partial charge in [0.2, 0.25) is 0 Å². The highest BCUT2D eigenvalue weighted by atomic mass is 79.9. The molecule has 1 unspecified atom stereocenters. The molecule has 0 fully saturated rings. The van der Waals surface area contributed by atoms with Crippen molar-refractivity contribution < 1.29 is 4.39 Å². The third-order valence-electron chi connectivity index (χ3n) is 3.52. The van der Waals surface area contributed by atoms with E-state index in [0.29, 0.717) is 12.0 Å². The Morgan fingerprint density at radius 2 is 1.85 bits per heavy atom. The molecule has 0 spiro atoms. The third-order valence-corrected chi connectivity index (χ3v) is 4.02. The number of hydrazine groups is 1. The van der Waals surface area contributed by atoms with Gasteiger partial charge >= 0.3 is 0 Å². The fourth-order valence-corrected chi connectivity index (χ4v) is 2.95. The molecule has 0 amide bonds. The Hall–Kier alpha value is -1.23. The fourth-order valence-electron chi connectivity index (χ4n) is 2.54. The van der Waals surface area contributed by atoms with Gasteiger partial charge in [-0.1, -0.05) is 34.1 Å². The van der Waals surface area contributed by atoms with E-state index < -0.39 is 0 Å². The zero-order valence-electron chi connectivity index (χ0n) is 11.6. The lowest BCUT2D eigenvalue weighted by Gasteiger charge is -2.21. The van der Waals surface area contributed by atoms with Crippen LogP contribution in [0.1, 0.15) is 28.3 Å². The molecule has 2 nitrogen and oxygen atoms in total. The molecule has 4 heteroatoms. The molecule has 2 rings (SSSR count). The number of rotatable bonds is 4. The van der Waals surface area contributed by atoms with Crippen LogP contribution in [0.2, 0.25) is 0 Å². The van der Waals surface area contributed by atoms with Gasteiger partial charge in [0.15, 0.2) is 0 Å². The Morgan fingerprint density at radius 1 is 1.20 bits per heavy atom. The fraction of sp³-hybridized carbons (Fsp3) is 0.250. The van der Waals surface area contributed by atoms with Gasteiger partial charge < -0.3 is 0 Å². The second kappa shape index (κ2) is 6.48. The Bertz CT molecular complexity index is 593. The average Bonchev–Trinajstić information content (AvgIpc) is 2.41. The average molecular weight is 337 g/mol. The van der Waals surface area contributed by atoms with Crippen LogP contribution in [0.5, 0.6) is 0 Å². The maximum Gasteiger partial charge on any atom is 0.126 e. The first-order valence-electron chi connectivity index (χ1n) is 6.49. The maximum absolute atomic E-state index is 13.9. The van der Waals surface area contributed by atoms with E-state index in [1.165, 1.54) is 6.07 Å². The molecular formula is C16H18BrFN2. The Kier molecular flexibility index (Phi) is 4.91. The first-order valence-corrected chi connectivity index (χ1v) is 7.28. The molecule has 1 atom stereocenters. The molecule has 0 heterocycles. The van der Waals surface area contributed by atoms with Gasteiger partial charge in [-0.2, -0.15) is 0 Å². The van der Waals surface area contributed by atoms with Crippen molar-refractivity contribution in [3.63, 3.8) is 0 Å². The normalized spacial score (nSPS) is 12.4. The predicted molar refractivity (Wildman–Crippen MR) is 83.8 cm³/mol. The lowest BCUT2D eigenvalue weighted by Crippen LogP contribution is -2.31. The minimum atomic E-state index is -0.209. The van der Waals surface area contributed by atoms with Crippen LogP contribution in [-0.2, 0) is 6.42 Å². The monoisotopic (exact) mass is 336 g/mol. The Labute approximate surface area is 127 Å². The van der Waals surface area contributed by atoms with Crippen LogP contribution >= 0.6 is 15.9 Å². The Morgan fingerprint density at radius 3 is 2.45 bits per heavy atom. The minimum absolute atomic E-state index is 0.111. The number of aryl methyl sites for hydroxylation is 2. The van der Waals surface area contributed by atoms with Crippen LogP contribution < -0.4 is 11.3 Å². The number of nitrogens with one attached hydrogen (secondary N) is 1. The molecule has 3 N–H and O–H groups in total. The summed E-state index contributed by atoms with van der Waals surface area (Å²) in [6.45, 7) is 4.09. The molecule has 2 aromatic rings. The summed E-state index contributed by atoms with van der Waals surface area (Å²) < 4.78 is 14.8. The maximum atomic E-state index is 13.9. The molecule has 0 aliphatic heterocycles. The van der Waals surface area contributed by atoms with E-state index in [1.54, 1.807) is 12.1 Å². The van der Waals surface area contributed by atoms with Crippen LogP contribution in [0, 0.1) is 19.7 Å². The van der Waals surface area contributed by atoms with Crippen LogP contribution in [0.3, 0.4) is 0 Å². The van der Waals surface area contributed by atoms with E-state index in [1.807, 2.05) is 32.0 Å². The number of halogens is 2. The smallest absolute Gasteiger partial charge is 0.126 e. The van der Waals surface area contributed by atoms with Crippen LogP contribution in [-0.4, -0.2) is 0 Å². The molecule has 2 aromatic carbocycles. The predicted octanol–water partition coefficient (Wildman–Crippen LogP) is 3.95. The van der Waals surface area contributed by atoms with Gasteiger partial charge in [-0.15, -0.1) is 0 Å². The van der Waals surface area contributed by atoms with E-state index in [4.69, 9.17) is 5.84 Å². The largest absolute Gasteiger partial charge is 0.271 e. The van der Waals surface area contributed by atoms with Gasteiger partial charge in [0.25, 0.3) is 0 Å². The lowest BCUT2D eigenvalue weighted by molar-refractivity contribution is 0.525. The summed E-state index contributed by atoms with van der Waals surface area (Å²) in [7, 11) is 0. The lowest BCUT2D eigenvalue weighted by atomic mass is 9.92. The molecule has 0 aliphatic carbocycles. The highest BCUT2D eigenvalue weighted by Crippen LogP contribution is 2.26. The molecule has 20 heavy (non-hydrogen) atoms. The van der Waals surface area contributed by atoms with Crippen molar-refractivity contribution in [2.24, 2.45) is 5.84 Å². The summed E-state index contributed by atoms with van der Waals surface area (Å²) in [5.41, 5.74) is 6.90. The van der Waals surface area contributed by atoms with Crippen molar-refractivity contribution in [2.45, 2.75) is 26.3 Å². The van der Waals surface area contributed by atoms with Crippen molar-refractivity contribution >= 4 is 15.9 Å². The standard InChI is InChI=1S/C16H18BrFN2/c1-10-4-3-5-11(2)16(10)15(20-19)9-12-8-13(17)6-7-14(12)18/h3-8,15,20H,9,19H2,1-2H3. The topological polar surface area (TPSA) is 38.0 Å². The van der Waals surface area contributed by atoms with Gasteiger partial charge in [-0.3, -0.25) is 11.3 Å². The molecule has 0 radical (unpaired) electrons. The summed E-state index contributed by atoms with van der Waals surface area (Å²) in [4.78, 5) is 0. The molecule has 106 valence electrons.